The largest absolute Gasteiger partial charge is 0.387 e. The van der Waals surface area contributed by atoms with E-state index in [0.29, 0.717) is 32.7 Å². The van der Waals surface area contributed by atoms with E-state index in [9.17, 15) is 10.4 Å². The first-order valence-corrected chi connectivity index (χ1v) is 7.30. The number of hydrogen-bond acceptors (Lipinski definition) is 5. The summed E-state index contributed by atoms with van der Waals surface area (Å²) in [6, 6.07) is 6.96. The van der Waals surface area contributed by atoms with Crippen molar-refractivity contribution >= 4 is 29.0 Å². The lowest BCUT2D eigenvalue weighted by Crippen LogP contribution is -2.15. The van der Waals surface area contributed by atoms with Crippen molar-refractivity contribution in [2.24, 2.45) is 0 Å². The van der Waals surface area contributed by atoms with Gasteiger partial charge in [-0.05, 0) is 43.2 Å². The fraction of sp³-hybridized carbons (Fsp3) is 0.267. The van der Waals surface area contributed by atoms with Gasteiger partial charge < -0.3 is 10.4 Å². The molecule has 1 atom stereocenters. The second kappa shape index (κ2) is 6.93. The van der Waals surface area contributed by atoms with Gasteiger partial charge in [-0.2, -0.15) is 10.4 Å². The normalized spacial score (nSPS) is 11.8. The Balaban J connectivity index is 2.16. The van der Waals surface area contributed by atoms with Crippen LogP contribution in [-0.2, 0) is 0 Å². The Morgan fingerprint density at radius 1 is 1.23 bits per heavy atom. The van der Waals surface area contributed by atoms with Gasteiger partial charge in [0.2, 0.25) is 0 Å². The molecule has 2 N–H and O–H groups in total. The van der Waals surface area contributed by atoms with Crippen LogP contribution in [-0.4, -0.2) is 21.8 Å². The van der Waals surface area contributed by atoms with Gasteiger partial charge in [-0.25, -0.2) is 0 Å². The van der Waals surface area contributed by atoms with Gasteiger partial charge in [0.15, 0.2) is 5.82 Å². The molecular formula is C15H14Cl2N4O. The molecule has 22 heavy (non-hydrogen) atoms. The Labute approximate surface area is 138 Å². The molecule has 0 aliphatic rings. The molecule has 0 saturated carbocycles. The zero-order valence-corrected chi connectivity index (χ0v) is 13.6. The van der Waals surface area contributed by atoms with Crippen LogP contribution in [0.15, 0.2) is 18.2 Å². The monoisotopic (exact) mass is 336 g/mol. The van der Waals surface area contributed by atoms with E-state index in [-0.39, 0.29) is 6.54 Å². The number of hydrogen-bond donors (Lipinski definition) is 2. The molecule has 7 heteroatoms. The van der Waals surface area contributed by atoms with Gasteiger partial charge in [0.25, 0.3) is 0 Å². The van der Waals surface area contributed by atoms with Crippen LogP contribution in [0, 0.1) is 25.2 Å². The van der Waals surface area contributed by atoms with E-state index in [2.05, 4.69) is 21.6 Å². The van der Waals surface area contributed by atoms with Gasteiger partial charge >= 0.3 is 0 Å². The van der Waals surface area contributed by atoms with Crippen molar-refractivity contribution in [2.45, 2.75) is 20.0 Å². The van der Waals surface area contributed by atoms with Gasteiger partial charge in [0, 0.05) is 16.6 Å². The zero-order chi connectivity index (χ0) is 16.3. The van der Waals surface area contributed by atoms with Gasteiger partial charge in [-0.1, -0.05) is 23.2 Å². The lowest BCUT2D eigenvalue weighted by Gasteiger charge is -2.14. The van der Waals surface area contributed by atoms with Crippen molar-refractivity contribution in [3.8, 4) is 6.07 Å². The molecule has 0 radical (unpaired) electrons. The summed E-state index contributed by atoms with van der Waals surface area (Å²) in [4.78, 5) is 0. The molecule has 0 fully saturated rings. The first-order valence-electron chi connectivity index (χ1n) is 6.54. The summed E-state index contributed by atoms with van der Waals surface area (Å²) in [5.41, 5.74) is 2.47. The van der Waals surface area contributed by atoms with Crippen LogP contribution in [0.1, 0.15) is 28.5 Å². The molecule has 0 spiro atoms. The summed E-state index contributed by atoms with van der Waals surface area (Å²) in [5, 5.41) is 31.2. The Bertz CT molecular complexity index is 723. The summed E-state index contributed by atoms with van der Waals surface area (Å²) < 4.78 is 0. The highest BCUT2D eigenvalue weighted by Gasteiger charge is 2.14. The third-order valence-corrected chi connectivity index (χ3v) is 3.74. The molecule has 1 aromatic carbocycles. The Morgan fingerprint density at radius 2 is 1.86 bits per heavy atom. The third kappa shape index (κ3) is 3.66. The Kier molecular flexibility index (Phi) is 5.19. The molecule has 0 amide bonds. The maximum atomic E-state index is 10.2. The molecule has 0 saturated heterocycles. The van der Waals surface area contributed by atoms with Crippen LogP contribution in [0.5, 0.6) is 0 Å². The number of nitrogens with zero attached hydrogens (tertiary/aromatic N) is 3. The predicted molar refractivity (Wildman–Crippen MR) is 86.1 cm³/mol. The minimum Gasteiger partial charge on any atom is -0.387 e. The van der Waals surface area contributed by atoms with Crippen molar-refractivity contribution in [1.29, 1.82) is 5.26 Å². The van der Waals surface area contributed by atoms with Crippen molar-refractivity contribution in [1.82, 2.24) is 10.2 Å². The van der Waals surface area contributed by atoms with E-state index >= 15 is 0 Å². The van der Waals surface area contributed by atoms with E-state index in [4.69, 9.17) is 23.2 Å². The fourth-order valence-electron chi connectivity index (χ4n) is 1.95. The summed E-state index contributed by atoms with van der Waals surface area (Å²) in [7, 11) is 0. The van der Waals surface area contributed by atoms with Gasteiger partial charge in [-0.3, -0.25) is 0 Å². The number of aryl methyl sites for hydroxylation is 1. The lowest BCUT2D eigenvalue weighted by molar-refractivity contribution is 0.191. The van der Waals surface area contributed by atoms with Crippen molar-refractivity contribution in [2.75, 3.05) is 11.9 Å². The quantitative estimate of drug-likeness (QED) is 0.893. The van der Waals surface area contributed by atoms with E-state index in [1.807, 2.05) is 0 Å². The number of rotatable bonds is 4. The van der Waals surface area contributed by atoms with Crippen LogP contribution in [0.2, 0.25) is 10.0 Å². The second-order valence-electron chi connectivity index (χ2n) is 4.85. The topological polar surface area (TPSA) is 81.8 Å². The van der Waals surface area contributed by atoms with Gasteiger partial charge in [0.1, 0.15) is 11.6 Å². The summed E-state index contributed by atoms with van der Waals surface area (Å²) in [6.45, 7) is 3.75. The number of benzene rings is 1. The minimum atomic E-state index is -0.842. The molecule has 114 valence electrons. The average Bonchev–Trinajstić information content (AvgIpc) is 2.47. The highest BCUT2D eigenvalue weighted by molar-refractivity contribution is 6.34. The SMILES string of the molecule is Cc1nnc(NCC(O)c2cc(Cl)cc(Cl)c2)c(C#N)c1C. The molecule has 0 bridgehead atoms. The van der Waals surface area contributed by atoms with E-state index < -0.39 is 6.10 Å². The number of halogens is 2. The highest BCUT2D eigenvalue weighted by atomic mass is 35.5. The molecule has 2 aromatic rings. The summed E-state index contributed by atoms with van der Waals surface area (Å²) in [6.07, 6.45) is -0.842. The first kappa shape index (κ1) is 16.5. The van der Waals surface area contributed by atoms with Crippen LogP contribution >= 0.6 is 23.2 Å². The van der Waals surface area contributed by atoms with Crippen LogP contribution in [0.4, 0.5) is 5.82 Å². The molecule has 1 aromatic heterocycles. The number of aliphatic hydroxyl groups is 1. The lowest BCUT2D eigenvalue weighted by atomic mass is 10.1. The van der Waals surface area contributed by atoms with Crippen LogP contribution in [0.3, 0.4) is 0 Å². The van der Waals surface area contributed by atoms with E-state index in [1.165, 1.54) is 0 Å². The molecule has 1 unspecified atom stereocenters. The van der Waals surface area contributed by atoms with Crippen molar-refractivity contribution in [3.63, 3.8) is 0 Å². The molecule has 1 heterocycles. The predicted octanol–water partition coefficient (Wildman–Crippen LogP) is 3.42. The molecule has 0 aliphatic heterocycles. The second-order valence-corrected chi connectivity index (χ2v) is 5.72. The number of aliphatic hydroxyl groups excluding tert-OH is 1. The van der Waals surface area contributed by atoms with Crippen molar-refractivity contribution < 1.29 is 5.11 Å². The number of anilines is 1. The number of nitriles is 1. The van der Waals surface area contributed by atoms with Crippen LogP contribution in [0.25, 0.3) is 0 Å². The smallest absolute Gasteiger partial charge is 0.167 e. The molecular weight excluding hydrogens is 323 g/mol. The van der Waals surface area contributed by atoms with Gasteiger partial charge in [-0.15, -0.1) is 5.10 Å². The highest BCUT2D eigenvalue weighted by Crippen LogP contribution is 2.24. The minimum absolute atomic E-state index is 0.155. The maximum absolute atomic E-state index is 10.2. The van der Waals surface area contributed by atoms with Crippen LogP contribution < -0.4 is 5.32 Å². The Morgan fingerprint density at radius 3 is 2.45 bits per heavy atom. The molecule has 0 aliphatic carbocycles. The zero-order valence-electron chi connectivity index (χ0n) is 12.1. The summed E-state index contributed by atoms with van der Waals surface area (Å²) in [5.74, 6) is 0.345. The van der Waals surface area contributed by atoms with E-state index in [1.54, 1.807) is 32.0 Å². The summed E-state index contributed by atoms with van der Waals surface area (Å²) >= 11 is 11.8. The molecule has 5 nitrogen and oxygen atoms in total. The average molecular weight is 337 g/mol. The Hall–Kier alpha value is -1.87. The molecule has 2 rings (SSSR count). The van der Waals surface area contributed by atoms with Gasteiger partial charge in [0.05, 0.1) is 11.8 Å². The van der Waals surface area contributed by atoms with Crippen molar-refractivity contribution in [3.05, 3.63) is 50.6 Å². The maximum Gasteiger partial charge on any atom is 0.167 e. The number of aromatic nitrogens is 2. The number of nitrogens with one attached hydrogen (secondary N) is 1. The standard InChI is InChI=1S/C15H14Cl2N4O/c1-8-9(2)20-21-15(13(8)6-18)19-7-14(22)10-3-11(16)5-12(17)4-10/h3-5,14,22H,7H2,1-2H3,(H,19,21). The third-order valence-electron chi connectivity index (χ3n) is 3.30. The van der Waals surface area contributed by atoms with E-state index in [0.717, 1.165) is 5.56 Å². The first-order chi connectivity index (χ1) is 10.4. The fourth-order valence-corrected chi connectivity index (χ4v) is 2.49.